The first kappa shape index (κ1) is 16.2. The van der Waals surface area contributed by atoms with Crippen LogP contribution in [0.1, 0.15) is 39.9 Å². The molecule has 3 N–H and O–H groups in total. The lowest BCUT2D eigenvalue weighted by Crippen LogP contribution is -2.31. The summed E-state index contributed by atoms with van der Waals surface area (Å²) in [6.45, 7) is 0. The second kappa shape index (κ2) is 6.23. The van der Waals surface area contributed by atoms with Gasteiger partial charge in [-0.05, 0) is 42.2 Å². The molecular weight excluding hydrogens is 380 g/mol. The first-order valence-electron chi connectivity index (χ1n) is 8.36. The van der Waals surface area contributed by atoms with Crippen molar-refractivity contribution in [1.82, 2.24) is 5.32 Å². The van der Waals surface area contributed by atoms with Gasteiger partial charge in [-0.3, -0.25) is 4.79 Å². The van der Waals surface area contributed by atoms with Gasteiger partial charge in [0.15, 0.2) is 0 Å². The minimum atomic E-state index is -0.109. The van der Waals surface area contributed by atoms with Gasteiger partial charge in [-0.1, -0.05) is 40.2 Å². The lowest BCUT2D eigenvalue weighted by atomic mass is 9.76. The molecule has 0 bridgehead atoms. The first-order valence-corrected chi connectivity index (χ1v) is 9.16. The Bertz CT molecular complexity index is 878. The summed E-state index contributed by atoms with van der Waals surface area (Å²) < 4.78 is 0.926. The van der Waals surface area contributed by atoms with Crippen LogP contribution in [-0.2, 0) is 0 Å². The number of nitrogens with one attached hydrogen (secondary N) is 2. The number of phenolic OH excluding ortho intramolecular Hbond substituents is 1. The van der Waals surface area contributed by atoms with Crippen LogP contribution in [0, 0.1) is 5.92 Å². The Labute approximate surface area is 155 Å². The number of carbonyl (C=O) groups excluding carboxylic acids is 1. The van der Waals surface area contributed by atoms with Gasteiger partial charge in [-0.15, -0.1) is 0 Å². The Balaban J connectivity index is 1.86. The van der Waals surface area contributed by atoms with Crippen molar-refractivity contribution >= 4 is 27.5 Å². The van der Waals surface area contributed by atoms with Gasteiger partial charge in [-0.2, -0.15) is 0 Å². The van der Waals surface area contributed by atoms with Crippen molar-refractivity contribution < 1.29 is 9.90 Å². The predicted molar refractivity (Wildman–Crippen MR) is 102 cm³/mol. The predicted octanol–water partition coefficient (Wildman–Crippen LogP) is 4.34. The Hall–Kier alpha value is -2.27. The van der Waals surface area contributed by atoms with Crippen molar-refractivity contribution in [2.45, 2.75) is 18.4 Å². The molecular formula is C20H19BrN2O2. The van der Waals surface area contributed by atoms with Gasteiger partial charge in [0, 0.05) is 23.0 Å². The van der Waals surface area contributed by atoms with Gasteiger partial charge in [0.1, 0.15) is 5.75 Å². The van der Waals surface area contributed by atoms with Crippen LogP contribution >= 0.6 is 15.9 Å². The Morgan fingerprint density at radius 1 is 1.28 bits per heavy atom. The largest absolute Gasteiger partial charge is 0.508 e. The van der Waals surface area contributed by atoms with E-state index in [2.05, 4.69) is 44.8 Å². The molecule has 2 aliphatic rings. The average Bonchev–Trinajstić information content (AvgIpc) is 3.12. The molecule has 25 heavy (non-hydrogen) atoms. The molecule has 3 unspecified atom stereocenters. The normalized spacial score (nSPS) is 23.5. The number of anilines is 1. The fourth-order valence-corrected chi connectivity index (χ4v) is 4.41. The minimum Gasteiger partial charge on any atom is -0.508 e. The highest BCUT2D eigenvalue weighted by Gasteiger charge is 2.40. The number of phenols is 1. The Morgan fingerprint density at radius 3 is 2.92 bits per heavy atom. The number of hydrogen-bond donors (Lipinski definition) is 3. The molecule has 0 saturated carbocycles. The highest BCUT2D eigenvalue weighted by molar-refractivity contribution is 9.10. The summed E-state index contributed by atoms with van der Waals surface area (Å²) in [5.74, 6) is 0.714. The van der Waals surface area contributed by atoms with Crippen molar-refractivity contribution in [1.29, 1.82) is 0 Å². The zero-order chi connectivity index (χ0) is 17.6. The zero-order valence-electron chi connectivity index (χ0n) is 13.8. The number of benzene rings is 2. The number of amides is 1. The number of allylic oxidation sites excluding steroid dienone is 2. The second-order valence-corrected chi connectivity index (χ2v) is 7.44. The number of para-hydroxylation sites is 1. The summed E-state index contributed by atoms with van der Waals surface area (Å²) in [5.41, 5.74) is 3.49. The number of carbonyl (C=O) groups is 1. The summed E-state index contributed by atoms with van der Waals surface area (Å²) in [6.07, 6.45) is 5.36. The van der Waals surface area contributed by atoms with E-state index >= 15 is 0 Å². The molecule has 1 heterocycles. The van der Waals surface area contributed by atoms with E-state index in [4.69, 9.17) is 0 Å². The van der Waals surface area contributed by atoms with Crippen molar-refractivity contribution in [2.75, 3.05) is 12.4 Å². The van der Waals surface area contributed by atoms with E-state index in [1.807, 2.05) is 24.3 Å². The molecule has 0 saturated heterocycles. The van der Waals surface area contributed by atoms with Crippen LogP contribution < -0.4 is 10.6 Å². The molecule has 4 rings (SSSR count). The summed E-state index contributed by atoms with van der Waals surface area (Å²) in [7, 11) is 1.64. The van der Waals surface area contributed by atoms with Crippen LogP contribution in [0.3, 0.4) is 0 Å². The zero-order valence-corrected chi connectivity index (χ0v) is 15.4. The minimum absolute atomic E-state index is 0.0594. The highest BCUT2D eigenvalue weighted by atomic mass is 79.9. The van der Waals surface area contributed by atoms with Crippen LogP contribution in [0.5, 0.6) is 5.75 Å². The third-order valence-electron chi connectivity index (χ3n) is 5.19. The fourth-order valence-electron chi connectivity index (χ4n) is 4.03. The second-order valence-electron chi connectivity index (χ2n) is 6.53. The van der Waals surface area contributed by atoms with Gasteiger partial charge < -0.3 is 15.7 Å². The van der Waals surface area contributed by atoms with Crippen LogP contribution in [0.15, 0.2) is 53.0 Å². The van der Waals surface area contributed by atoms with E-state index in [1.54, 1.807) is 13.1 Å². The van der Waals surface area contributed by atoms with Gasteiger partial charge in [0.25, 0.3) is 5.91 Å². The van der Waals surface area contributed by atoms with E-state index in [0.717, 1.165) is 27.7 Å². The van der Waals surface area contributed by atoms with E-state index in [0.29, 0.717) is 11.5 Å². The van der Waals surface area contributed by atoms with Gasteiger partial charge >= 0.3 is 0 Å². The van der Waals surface area contributed by atoms with Gasteiger partial charge in [0.2, 0.25) is 0 Å². The first-order chi connectivity index (χ1) is 12.1. The summed E-state index contributed by atoms with van der Waals surface area (Å²) in [5, 5.41) is 16.7. The van der Waals surface area contributed by atoms with Crippen LogP contribution in [-0.4, -0.2) is 18.1 Å². The van der Waals surface area contributed by atoms with Crippen molar-refractivity contribution in [3.8, 4) is 5.75 Å². The maximum absolute atomic E-state index is 12.3. The lowest BCUT2D eigenvalue weighted by molar-refractivity contribution is 0.0963. The Morgan fingerprint density at radius 2 is 2.12 bits per heavy atom. The molecule has 1 aliphatic carbocycles. The van der Waals surface area contributed by atoms with E-state index in [-0.39, 0.29) is 23.6 Å². The number of fused-ring (bicyclic) bond motifs is 3. The van der Waals surface area contributed by atoms with Crippen LogP contribution in [0.2, 0.25) is 0 Å². The van der Waals surface area contributed by atoms with Crippen LogP contribution in [0.4, 0.5) is 5.69 Å². The Kier molecular flexibility index (Phi) is 4.04. The standard InChI is InChI=1S/C20H19BrN2O2/c1-22-20(25)15-7-3-6-13-12-4-2-5-14(12)19(23-18(13)15)16-10-11(21)8-9-17(16)24/h2-4,6-10,12,14,19,23-24H,5H2,1H3,(H,22,25). The summed E-state index contributed by atoms with van der Waals surface area (Å²) >= 11 is 3.50. The summed E-state index contributed by atoms with van der Waals surface area (Å²) in [4.78, 5) is 12.3. The number of hydrogen-bond acceptors (Lipinski definition) is 3. The monoisotopic (exact) mass is 398 g/mol. The van der Waals surface area contributed by atoms with E-state index in [1.165, 1.54) is 0 Å². The molecule has 0 radical (unpaired) electrons. The number of rotatable bonds is 2. The molecule has 2 aromatic carbocycles. The van der Waals surface area contributed by atoms with Crippen molar-refractivity contribution in [2.24, 2.45) is 5.92 Å². The average molecular weight is 399 g/mol. The third-order valence-corrected chi connectivity index (χ3v) is 5.69. The molecule has 0 aromatic heterocycles. The quantitative estimate of drug-likeness (QED) is 0.659. The molecule has 4 nitrogen and oxygen atoms in total. The molecule has 0 spiro atoms. The number of halogens is 1. The van der Waals surface area contributed by atoms with E-state index in [9.17, 15) is 9.90 Å². The molecule has 2 aromatic rings. The maximum Gasteiger partial charge on any atom is 0.253 e. The number of aromatic hydroxyl groups is 1. The fraction of sp³-hybridized carbons (Fsp3) is 0.250. The van der Waals surface area contributed by atoms with Crippen molar-refractivity contribution in [3.63, 3.8) is 0 Å². The highest BCUT2D eigenvalue weighted by Crippen LogP contribution is 2.52. The smallest absolute Gasteiger partial charge is 0.253 e. The molecule has 1 amide bonds. The maximum atomic E-state index is 12.3. The SMILES string of the molecule is CNC(=O)c1cccc2c1NC(c1cc(Br)ccc1O)C1CC=CC21. The molecule has 128 valence electrons. The van der Waals surface area contributed by atoms with Gasteiger partial charge in [0.05, 0.1) is 17.3 Å². The molecule has 1 aliphatic heterocycles. The van der Waals surface area contributed by atoms with Gasteiger partial charge in [-0.25, -0.2) is 0 Å². The molecule has 5 heteroatoms. The third kappa shape index (κ3) is 2.63. The lowest BCUT2D eigenvalue weighted by Gasteiger charge is -2.38. The van der Waals surface area contributed by atoms with Crippen LogP contribution in [0.25, 0.3) is 0 Å². The van der Waals surface area contributed by atoms with E-state index < -0.39 is 0 Å². The topological polar surface area (TPSA) is 61.4 Å². The molecule has 3 atom stereocenters. The van der Waals surface area contributed by atoms with Crippen molar-refractivity contribution in [3.05, 3.63) is 69.7 Å². The molecule has 0 fully saturated rings. The summed E-state index contributed by atoms with van der Waals surface area (Å²) in [6, 6.07) is 11.3.